The summed E-state index contributed by atoms with van der Waals surface area (Å²) in [5.41, 5.74) is 6.55. The summed E-state index contributed by atoms with van der Waals surface area (Å²) in [7, 11) is 5.03. The molecule has 0 unspecified atom stereocenters. The molecule has 190 valence electrons. The van der Waals surface area contributed by atoms with E-state index in [0.717, 1.165) is 31.7 Å². The molecule has 2 aromatic rings. The highest BCUT2D eigenvalue weighted by Gasteiger charge is 2.31. The predicted octanol–water partition coefficient (Wildman–Crippen LogP) is 1.35. The fourth-order valence-electron chi connectivity index (χ4n) is 4.09. The van der Waals surface area contributed by atoms with E-state index in [1.165, 1.54) is 13.2 Å². The first-order chi connectivity index (χ1) is 16.7. The lowest BCUT2D eigenvalue weighted by molar-refractivity contribution is 0.00441. The number of hydrogen-bond acceptors (Lipinski definition) is 8. The minimum Gasteiger partial charge on any atom is -0.465 e. The molecule has 1 aliphatic heterocycles. The van der Waals surface area contributed by atoms with Gasteiger partial charge in [0.25, 0.3) is 11.5 Å². The number of anilines is 1. The van der Waals surface area contributed by atoms with E-state index in [0.29, 0.717) is 18.5 Å². The molecule has 1 aromatic carbocycles. The minimum atomic E-state index is -0.584. The molecule has 11 heteroatoms. The lowest BCUT2D eigenvalue weighted by Gasteiger charge is -2.38. The zero-order valence-corrected chi connectivity index (χ0v) is 20.9. The molecular weight excluding hydrogens is 474 g/mol. The average Bonchev–Trinajstić information content (AvgIpc) is 2.85. The van der Waals surface area contributed by atoms with Crippen molar-refractivity contribution in [1.82, 2.24) is 20.1 Å². The molecule has 1 aliphatic rings. The highest BCUT2D eigenvalue weighted by molar-refractivity contribution is 6.33. The average molecular weight is 506 g/mol. The van der Waals surface area contributed by atoms with Gasteiger partial charge in [0.05, 0.1) is 29.8 Å². The Balaban J connectivity index is 1.49. The lowest BCUT2D eigenvalue weighted by atomic mass is 10.0. The number of pyridine rings is 1. The summed E-state index contributed by atoms with van der Waals surface area (Å²) < 4.78 is 10.4. The third-order valence-electron chi connectivity index (χ3n) is 6.15. The SMILES string of the molecule is COC(=O)c1ccc(CN(C)CCN2CC[C@@H](NC(=O)c3cc(Cl)c(N)[nH]c3=O)[C@@H](OC)C2)cc1. The maximum atomic E-state index is 12.7. The number of aromatic amines is 1. The van der Waals surface area contributed by atoms with Crippen molar-refractivity contribution in [1.29, 1.82) is 0 Å². The third-order valence-corrected chi connectivity index (χ3v) is 6.47. The minimum absolute atomic E-state index is 0.0273. The molecule has 0 aliphatic carbocycles. The van der Waals surface area contributed by atoms with Crippen LogP contribution < -0.4 is 16.6 Å². The third kappa shape index (κ3) is 7.04. The van der Waals surface area contributed by atoms with E-state index < -0.39 is 11.5 Å². The Morgan fingerprint density at radius 2 is 2.00 bits per heavy atom. The number of nitrogens with one attached hydrogen (secondary N) is 2. The van der Waals surface area contributed by atoms with Gasteiger partial charge in [-0.25, -0.2) is 4.79 Å². The van der Waals surface area contributed by atoms with Crippen LogP contribution >= 0.6 is 11.6 Å². The molecule has 1 aromatic heterocycles. The number of H-pyrrole nitrogens is 1. The first-order valence-electron chi connectivity index (χ1n) is 11.3. The van der Waals surface area contributed by atoms with Crippen LogP contribution in [0.5, 0.6) is 0 Å². The summed E-state index contributed by atoms with van der Waals surface area (Å²) in [6.07, 6.45) is 0.469. The number of rotatable bonds is 9. The molecule has 0 saturated carbocycles. The molecule has 4 N–H and O–H groups in total. The van der Waals surface area contributed by atoms with E-state index >= 15 is 0 Å². The molecule has 2 heterocycles. The number of benzene rings is 1. The number of likely N-dealkylation sites (tertiary alicyclic amines) is 1. The fraction of sp³-hybridized carbons (Fsp3) is 0.458. The number of nitrogens with zero attached hydrogens (tertiary/aromatic N) is 2. The number of amides is 1. The van der Waals surface area contributed by atoms with Crippen molar-refractivity contribution in [3.8, 4) is 0 Å². The molecular formula is C24H32ClN5O5. The molecule has 1 fully saturated rings. The van der Waals surface area contributed by atoms with Gasteiger partial charge in [-0.3, -0.25) is 14.5 Å². The van der Waals surface area contributed by atoms with E-state index in [9.17, 15) is 14.4 Å². The summed E-state index contributed by atoms with van der Waals surface area (Å²) in [4.78, 5) is 43.2. The molecule has 3 rings (SSSR count). The number of nitrogen functional groups attached to an aromatic ring is 1. The fourth-order valence-corrected chi connectivity index (χ4v) is 4.25. The van der Waals surface area contributed by atoms with Gasteiger partial charge in [-0.15, -0.1) is 0 Å². The number of likely N-dealkylation sites (N-methyl/N-ethyl adjacent to an activating group) is 1. The van der Waals surface area contributed by atoms with Crippen LogP contribution in [0.2, 0.25) is 5.02 Å². The zero-order chi connectivity index (χ0) is 25.5. The van der Waals surface area contributed by atoms with Gasteiger partial charge in [0.2, 0.25) is 0 Å². The van der Waals surface area contributed by atoms with Crippen molar-refractivity contribution in [3.05, 3.63) is 62.4 Å². The second-order valence-electron chi connectivity index (χ2n) is 8.64. The van der Waals surface area contributed by atoms with Gasteiger partial charge in [0.15, 0.2) is 0 Å². The number of hydrogen-bond donors (Lipinski definition) is 3. The molecule has 2 atom stereocenters. The lowest BCUT2D eigenvalue weighted by Crippen LogP contribution is -2.55. The monoisotopic (exact) mass is 505 g/mol. The van der Waals surface area contributed by atoms with E-state index in [1.807, 2.05) is 19.2 Å². The normalized spacial score (nSPS) is 18.4. The first kappa shape index (κ1) is 26.7. The number of ether oxygens (including phenoxy) is 2. The Bertz CT molecular complexity index is 1090. The summed E-state index contributed by atoms with van der Waals surface area (Å²) in [5, 5.41) is 3.03. The van der Waals surface area contributed by atoms with Gasteiger partial charge >= 0.3 is 5.97 Å². The van der Waals surface area contributed by atoms with Gasteiger partial charge < -0.3 is 30.4 Å². The summed E-state index contributed by atoms with van der Waals surface area (Å²) >= 11 is 5.96. The van der Waals surface area contributed by atoms with Crippen LogP contribution in [0, 0.1) is 0 Å². The Labute approximate surface area is 209 Å². The van der Waals surface area contributed by atoms with E-state index in [4.69, 9.17) is 26.8 Å². The van der Waals surface area contributed by atoms with Crippen LogP contribution in [0.3, 0.4) is 0 Å². The molecule has 1 amide bonds. The Morgan fingerprint density at radius 3 is 2.66 bits per heavy atom. The number of nitrogens with two attached hydrogens (primary N) is 1. The van der Waals surface area contributed by atoms with Crippen LogP contribution in [0.25, 0.3) is 0 Å². The van der Waals surface area contributed by atoms with Crippen molar-refractivity contribution in [2.45, 2.75) is 25.1 Å². The number of carbonyl (C=O) groups is 2. The Morgan fingerprint density at radius 1 is 1.29 bits per heavy atom. The van der Waals surface area contributed by atoms with E-state index in [2.05, 4.69) is 20.1 Å². The highest BCUT2D eigenvalue weighted by atomic mass is 35.5. The Kier molecular flexibility index (Phi) is 9.27. The van der Waals surface area contributed by atoms with Crippen molar-refractivity contribution >= 4 is 29.3 Å². The van der Waals surface area contributed by atoms with Gasteiger partial charge in [-0.1, -0.05) is 23.7 Å². The van der Waals surface area contributed by atoms with Gasteiger partial charge in [-0.05, 0) is 37.2 Å². The first-order valence-corrected chi connectivity index (χ1v) is 11.7. The second kappa shape index (κ2) is 12.2. The zero-order valence-electron chi connectivity index (χ0n) is 20.2. The van der Waals surface area contributed by atoms with Crippen LogP contribution in [0.4, 0.5) is 5.82 Å². The second-order valence-corrected chi connectivity index (χ2v) is 9.05. The Hall–Kier alpha value is -2.92. The summed E-state index contributed by atoms with van der Waals surface area (Å²) in [6, 6.07) is 8.44. The van der Waals surface area contributed by atoms with Crippen LogP contribution in [-0.4, -0.2) is 86.3 Å². The topological polar surface area (TPSA) is 130 Å². The molecule has 35 heavy (non-hydrogen) atoms. The number of aromatic nitrogens is 1. The van der Waals surface area contributed by atoms with Gasteiger partial charge in [-0.2, -0.15) is 0 Å². The maximum Gasteiger partial charge on any atom is 0.337 e. The molecule has 10 nitrogen and oxygen atoms in total. The van der Waals surface area contributed by atoms with Crippen molar-refractivity contribution in [2.24, 2.45) is 0 Å². The van der Waals surface area contributed by atoms with Gasteiger partial charge in [0, 0.05) is 39.8 Å². The van der Waals surface area contributed by atoms with E-state index in [1.54, 1.807) is 19.2 Å². The molecule has 1 saturated heterocycles. The molecule has 0 radical (unpaired) electrons. The molecule has 0 spiro atoms. The summed E-state index contributed by atoms with van der Waals surface area (Å²) in [6.45, 7) is 3.86. The largest absolute Gasteiger partial charge is 0.465 e. The van der Waals surface area contributed by atoms with Crippen molar-refractivity contribution < 1.29 is 19.1 Å². The van der Waals surface area contributed by atoms with Crippen LogP contribution in [0.15, 0.2) is 35.1 Å². The number of methoxy groups -OCH3 is 2. The van der Waals surface area contributed by atoms with Gasteiger partial charge in [0.1, 0.15) is 11.4 Å². The van der Waals surface area contributed by atoms with Crippen LogP contribution in [-0.2, 0) is 16.0 Å². The highest BCUT2D eigenvalue weighted by Crippen LogP contribution is 2.17. The van der Waals surface area contributed by atoms with Crippen molar-refractivity contribution in [3.63, 3.8) is 0 Å². The number of esters is 1. The van der Waals surface area contributed by atoms with Crippen molar-refractivity contribution in [2.75, 3.05) is 53.2 Å². The smallest absolute Gasteiger partial charge is 0.337 e. The maximum absolute atomic E-state index is 12.7. The number of piperidine rings is 1. The number of halogens is 1. The number of carbonyl (C=O) groups excluding carboxylic acids is 2. The predicted molar refractivity (Wildman–Crippen MR) is 134 cm³/mol. The quantitative estimate of drug-likeness (QED) is 0.435. The standard InChI is InChI=1S/C24H32ClN5O5/c1-29(13-15-4-6-16(7-5-15)24(33)35-3)10-11-30-9-8-19(20(14-30)34-2)27-22(31)17-12-18(25)21(26)28-23(17)32/h4-7,12,19-20H,8-11,13-14H2,1-3H3,(H,27,31)(H3,26,28,32)/t19-,20+/m1/s1. The molecule has 0 bridgehead atoms. The van der Waals surface area contributed by atoms with E-state index in [-0.39, 0.29) is 34.5 Å². The summed E-state index contributed by atoms with van der Waals surface area (Å²) in [5.74, 6) is -0.827. The van der Waals surface area contributed by atoms with Crippen LogP contribution in [0.1, 0.15) is 32.7 Å².